The summed E-state index contributed by atoms with van der Waals surface area (Å²) in [5.41, 5.74) is -2.63. The Morgan fingerprint density at radius 1 is 1.44 bits per heavy atom. The number of hydrogen-bond donors (Lipinski definition) is 1. The van der Waals surface area contributed by atoms with Gasteiger partial charge >= 0.3 is 5.97 Å². The van der Waals surface area contributed by atoms with Gasteiger partial charge in [-0.05, 0) is 12.5 Å². The van der Waals surface area contributed by atoms with Crippen molar-refractivity contribution in [2.45, 2.75) is 24.7 Å². The summed E-state index contributed by atoms with van der Waals surface area (Å²) in [5, 5.41) is 8.86. The van der Waals surface area contributed by atoms with Crippen LogP contribution in [0.4, 0.5) is 13.2 Å². The highest BCUT2D eigenvalue weighted by molar-refractivity contribution is 5.87. The van der Waals surface area contributed by atoms with Gasteiger partial charge in [0.25, 0.3) is 5.92 Å². The van der Waals surface area contributed by atoms with Crippen molar-refractivity contribution >= 4 is 5.97 Å². The average Bonchev–Trinajstić information content (AvgIpc) is 2.75. The molecule has 0 aromatic heterocycles. The normalized spacial score (nSPS) is 26.5. The number of carbonyl (C=O) groups is 1. The van der Waals surface area contributed by atoms with Crippen molar-refractivity contribution in [3.8, 4) is 0 Å². The third kappa shape index (κ3) is 1.17. The SMILES string of the molecule is Cc1cccc(C2(C(=O)O)CC2(F)F)c1F. The predicted octanol–water partition coefficient (Wildman–Crippen LogP) is 2.50. The molecular weight excluding hydrogens is 221 g/mol. The van der Waals surface area contributed by atoms with Crippen molar-refractivity contribution in [3.63, 3.8) is 0 Å². The van der Waals surface area contributed by atoms with Crippen molar-refractivity contribution in [3.05, 3.63) is 35.1 Å². The second-order valence-electron chi connectivity index (χ2n) is 4.03. The standard InChI is InChI=1S/C11H9F3O2/c1-6-3-2-4-7(8(6)12)10(9(15)16)5-11(10,13)14/h2-4H,5H2,1H3,(H,15,16). The Bertz CT molecular complexity index is 470. The highest BCUT2D eigenvalue weighted by Gasteiger charge is 2.78. The van der Waals surface area contributed by atoms with Crippen LogP contribution >= 0.6 is 0 Å². The summed E-state index contributed by atoms with van der Waals surface area (Å²) in [6.07, 6.45) is -0.838. The number of halogens is 3. The van der Waals surface area contributed by atoms with Crippen LogP contribution in [0, 0.1) is 12.7 Å². The monoisotopic (exact) mass is 230 g/mol. The highest BCUT2D eigenvalue weighted by Crippen LogP contribution is 2.62. The number of carboxylic acids is 1. The average molecular weight is 230 g/mol. The maximum absolute atomic E-state index is 13.6. The van der Waals surface area contributed by atoms with E-state index in [4.69, 9.17) is 5.11 Å². The number of alkyl halides is 2. The van der Waals surface area contributed by atoms with Crippen LogP contribution in [-0.2, 0) is 10.2 Å². The molecule has 5 heteroatoms. The first kappa shape index (κ1) is 11.0. The molecule has 16 heavy (non-hydrogen) atoms. The second-order valence-corrected chi connectivity index (χ2v) is 4.03. The lowest BCUT2D eigenvalue weighted by molar-refractivity contribution is -0.143. The molecule has 2 rings (SSSR count). The Kier molecular flexibility index (Phi) is 2.05. The molecule has 86 valence electrons. The summed E-state index contributed by atoms with van der Waals surface area (Å²) in [5.74, 6) is -5.91. The van der Waals surface area contributed by atoms with Crippen LogP contribution in [0.15, 0.2) is 18.2 Å². The molecule has 0 amide bonds. The molecule has 0 bridgehead atoms. The van der Waals surface area contributed by atoms with Gasteiger partial charge in [-0.2, -0.15) is 0 Å². The van der Waals surface area contributed by atoms with Crippen molar-refractivity contribution in [1.29, 1.82) is 0 Å². The summed E-state index contributed by atoms with van der Waals surface area (Å²) in [6, 6.07) is 3.90. The molecule has 0 aliphatic heterocycles. The van der Waals surface area contributed by atoms with E-state index < -0.39 is 35.1 Å². The van der Waals surface area contributed by atoms with Crippen LogP contribution < -0.4 is 0 Å². The van der Waals surface area contributed by atoms with Gasteiger partial charge in [0.2, 0.25) is 0 Å². The van der Waals surface area contributed by atoms with Crippen LogP contribution in [0.1, 0.15) is 17.5 Å². The first-order valence-electron chi connectivity index (χ1n) is 4.70. The van der Waals surface area contributed by atoms with E-state index in [9.17, 15) is 18.0 Å². The summed E-state index contributed by atoms with van der Waals surface area (Å²) >= 11 is 0. The molecule has 0 spiro atoms. The number of rotatable bonds is 2. The molecule has 1 atom stereocenters. The van der Waals surface area contributed by atoms with Gasteiger partial charge in [0.1, 0.15) is 5.82 Å². The minimum Gasteiger partial charge on any atom is -0.480 e. The topological polar surface area (TPSA) is 37.3 Å². The van der Waals surface area contributed by atoms with Gasteiger partial charge in [0.05, 0.1) is 0 Å². The largest absolute Gasteiger partial charge is 0.480 e. The van der Waals surface area contributed by atoms with Gasteiger partial charge < -0.3 is 5.11 Å². The smallest absolute Gasteiger partial charge is 0.320 e. The summed E-state index contributed by atoms with van der Waals surface area (Å²) in [6.45, 7) is 1.41. The van der Waals surface area contributed by atoms with Gasteiger partial charge in [0, 0.05) is 12.0 Å². The molecule has 0 radical (unpaired) electrons. The van der Waals surface area contributed by atoms with Crippen molar-refractivity contribution in [1.82, 2.24) is 0 Å². The van der Waals surface area contributed by atoms with Crippen molar-refractivity contribution in [2.24, 2.45) is 0 Å². The van der Waals surface area contributed by atoms with E-state index >= 15 is 0 Å². The summed E-state index contributed by atoms with van der Waals surface area (Å²) in [7, 11) is 0. The number of carboxylic acid groups (broad SMARTS) is 1. The Hall–Kier alpha value is -1.52. The Morgan fingerprint density at radius 2 is 2.00 bits per heavy atom. The lowest BCUT2D eigenvalue weighted by Gasteiger charge is -2.13. The zero-order valence-corrected chi connectivity index (χ0v) is 8.43. The quantitative estimate of drug-likeness (QED) is 0.847. The van der Waals surface area contributed by atoms with E-state index in [2.05, 4.69) is 0 Å². The molecule has 1 N–H and O–H groups in total. The number of hydrogen-bond acceptors (Lipinski definition) is 1. The van der Waals surface area contributed by atoms with E-state index in [1.54, 1.807) is 0 Å². The highest BCUT2D eigenvalue weighted by atomic mass is 19.3. The van der Waals surface area contributed by atoms with Gasteiger partial charge in [-0.25, -0.2) is 13.2 Å². The zero-order valence-electron chi connectivity index (χ0n) is 8.43. The molecule has 1 unspecified atom stereocenters. The van der Waals surface area contributed by atoms with Crippen LogP contribution in [0.2, 0.25) is 0 Å². The van der Waals surface area contributed by atoms with E-state index in [0.717, 1.165) is 6.07 Å². The van der Waals surface area contributed by atoms with Gasteiger partial charge in [-0.1, -0.05) is 18.2 Å². The van der Waals surface area contributed by atoms with Gasteiger partial charge in [-0.3, -0.25) is 4.79 Å². The molecule has 0 heterocycles. The first-order valence-corrected chi connectivity index (χ1v) is 4.70. The fourth-order valence-corrected chi connectivity index (χ4v) is 1.91. The van der Waals surface area contributed by atoms with E-state index in [1.165, 1.54) is 19.1 Å². The lowest BCUT2D eigenvalue weighted by Crippen LogP contribution is -2.28. The molecule has 1 fully saturated rings. The third-order valence-electron chi connectivity index (χ3n) is 3.00. The molecular formula is C11H9F3O2. The number of aliphatic carboxylic acids is 1. The fraction of sp³-hybridized carbons (Fsp3) is 0.364. The summed E-state index contributed by atoms with van der Waals surface area (Å²) < 4.78 is 39.9. The Morgan fingerprint density at radius 3 is 2.44 bits per heavy atom. The third-order valence-corrected chi connectivity index (χ3v) is 3.00. The lowest BCUT2D eigenvalue weighted by atomic mass is 9.93. The molecule has 0 saturated heterocycles. The molecule has 1 saturated carbocycles. The minimum absolute atomic E-state index is 0.167. The summed E-state index contributed by atoms with van der Waals surface area (Å²) in [4.78, 5) is 10.9. The maximum atomic E-state index is 13.6. The molecule has 1 aliphatic rings. The van der Waals surface area contributed by atoms with Crippen molar-refractivity contribution in [2.75, 3.05) is 0 Å². The number of benzene rings is 1. The van der Waals surface area contributed by atoms with Crippen LogP contribution in [0.3, 0.4) is 0 Å². The van der Waals surface area contributed by atoms with Gasteiger partial charge in [-0.15, -0.1) is 0 Å². The first-order chi connectivity index (χ1) is 7.33. The predicted molar refractivity (Wildman–Crippen MR) is 50.0 cm³/mol. The fourth-order valence-electron chi connectivity index (χ4n) is 1.91. The van der Waals surface area contributed by atoms with Crippen molar-refractivity contribution < 1.29 is 23.1 Å². The molecule has 2 nitrogen and oxygen atoms in total. The molecule has 1 aliphatic carbocycles. The Balaban J connectivity index is 2.60. The molecule has 1 aromatic carbocycles. The zero-order chi connectivity index (χ0) is 12.1. The second kappa shape index (κ2) is 2.99. The van der Waals surface area contributed by atoms with E-state index in [-0.39, 0.29) is 5.56 Å². The van der Waals surface area contributed by atoms with Gasteiger partial charge in [0.15, 0.2) is 5.41 Å². The molecule has 1 aromatic rings. The van der Waals surface area contributed by atoms with E-state index in [0.29, 0.717) is 0 Å². The van der Waals surface area contributed by atoms with Crippen LogP contribution in [-0.4, -0.2) is 17.0 Å². The van der Waals surface area contributed by atoms with Crippen LogP contribution in [0.5, 0.6) is 0 Å². The maximum Gasteiger partial charge on any atom is 0.320 e. The van der Waals surface area contributed by atoms with E-state index in [1.807, 2.05) is 0 Å². The number of aryl methyl sites for hydroxylation is 1. The Labute approximate surface area is 89.7 Å². The van der Waals surface area contributed by atoms with Crippen LogP contribution in [0.25, 0.3) is 0 Å². The minimum atomic E-state index is -3.37.